The summed E-state index contributed by atoms with van der Waals surface area (Å²) in [7, 11) is 0. The van der Waals surface area contributed by atoms with Crippen LogP contribution >= 0.6 is 22.9 Å². The predicted molar refractivity (Wildman–Crippen MR) is 85.2 cm³/mol. The largest absolute Gasteiger partial charge is 0.317 e. The van der Waals surface area contributed by atoms with Gasteiger partial charge in [0.15, 0.2) is 0 Å². The number of hydrogen-bond donors (Lipinski definition) is 1. The van der Waals surface area contributed by atoms with Gasteiger partial charge in [0.25, 0.3) is 0 Å². The summed E-state index contributed by atoms with van der Waals surface area (Å²) < 4.78 is 14.1. The van der Waals surface area contributed by atoms with Crippen molar-refractivity contribution in [1.29, 1.82) is 0 Å². The van der Waals surface area contributed by atoms with Gasteiger partial charge in [-0.15, -0.1) is 11.3 Å². The molecule has 1 unspecified atom stereocenters. The molecule has 1 nitrogen and oxygen atoms in total. The molecule has 0 fully saturated rings. The summed E-state index contributed by atoms with van der Waals surface area (Å²) in [6.45, 7) is 3.98. The van der Waals surface area contributed by atoms with E-state index in [1.54, 1.807) is 23.5 Å². The van der Waals surface area contributed by atoms with Crippen molar-refractivity contribution in [2.75, 3.05) is 13.1 Å². The molecule has 2 rings (SSSR count). The smallest absolute Gasteiger partial charge is 0.123 e. The lowest BCUT2D eigenvalue weighted by Gasteiger charge is -2.16. The van der Waals surface area contributed by atoms with Gasteiger partial charge in [-0.25, -0.2) is 4.39 Å². The minimum Gasteiger partial charge on any atom is -0.317 e. The Morgan fingerprint density at radius 3 is 2.75 bits per heavy atom. The van der Waals surface area contributed by atoms with Gasteiger partial charge >= 0.3 is 0 Å². The number of nitrogens with one attached hydrogen (secondary N) is 1. The predicted octanol–water partition coefficient (Wildman–Crippen LogP) is 4.55. The summed E-state index contributed by atoms with van der Waals surface area (Å²) in [5.41, 5.74) is 1.05. The average molecular weight is 312 g/mol. The van der Waals surface area contributed by atoms with Crippen molar-refractivity contribution >= 4 is 22.9 Å². The van der Waals surface area contributed by atoms with Crippen LogP contribution < -0.4 is 5.32 Å². The first-order valence-electron chi connectivity index (χ1n) is 6.86. The fourth-order valence-corrected chi connectivity index (χ4v) is 3.51. The molecule has 0 saturated carbocycles. The van der Waals surface area contributed by atoms with E-state index in [0.717, 1.165) is 35.8 Å². The standard InChI is InChI=1S/C16H19ClFNS/c1-2-19-11-13(10-15-6-7-16(17)20-15)8-12-4-3-5-14(18)9-12/h3-7,9,13,19H,2,8,10-11H2,1H3. The topological polar surface area (TPSA) is 12.0 Å². The van der Waals surface area contributed by atoms with Crippen molar-refractivity contribution in [1.82, 2.24) is 5.32 Å². The molecule has 20 heavy (non-hydrogen) atoms. The summed E-state index contributed by atoms with van der Waals surface area (Å²) in [5.74, 6) is 0.287. The highest BCUT2D eigenvalue weighted by Gasteiger charge is 2.12. The molecule has 1 heterocycles. The number of rotatable bonds is 7. The normalized spacial score (nSPS) is 12.6. The molecule has 0 radical (unpaired) electrons. The zero-order valence-corrected chi connectivity index (χ0v) is 13.1. The van der Waals surface area contributed by atoms with Crippen molar-refractivity contribution in [3.05, 3.63) is 57.0 Å². The quantitative estimate of drug-likeness (QED) is 0.791. The highest BCUT2D eigenvalue weighted by molar-refractivity contribution is 7.16. The molecule has 0 spiro atoms. The van der Waals surface area contributed by atoms with E-state index in [-0.39, 0.29) is 5.82 Å². The van der Waals surface area contributed by atoms with Crippen LogP contribution in [0.4, 0.5) is 4.39 Å². The van der Waals surface area contributed by atoms with Crippen LogP contribution in [0.2, 0.25) is 4.34 Å². The lowest BCUT2D eigenvalue weighted by atomic mass is 9.95. The third-order valence-corrected chi connectivity index (χ3v) is 4.47. The molecule has 1 aromatic carbocycles. The molecule has 4 heteroatoms. The molecule has 0 aliphatic rings. The van der Waals surface area contributed by atoms with E-state index >= 15 is 0 Å². The van der Waals surface area contributed by atoms with E-state index in [4.69, 9.17) is 11.6 Å². The van der Waals surface area contributed by atoms with Gasteiger partial charge in [-0.1, -0.05) is 30.7 Å². The van der Waals surface area contributed by atoms with Crippen molar-refractivity contribution in [3.8, 4) is 0 Å². The second kappa shape index (κ2) is 7.77. The van der Waals surface area contributed by atoms with Crippen molar-refractivity contribution in [2.24, 2.45) is 5.92 Å². The Morgan fingerprint density at radius 2 is 2.10 bits per heavy atom. The van der Waals surface area contributed by atoms with Gasteiger partial charge in [0.1, 0.15) is 5.82 Å². The highest BCUT2D eigenvalue weighted by Crippen LogP contribution is 2.25. The van der Waals surface area contributed by atoms with Gasteiger partial charge < -0.3 is 5.32 Å². The Bertz CT molecular complexity index is 541. The number of benzene rings is 1. The maximum absolute atomic E-state index is 13.3. The number of halogens is 2. The average Bonchev–Trinajstić information content (AvgIpc) is 2.81. The van der Waals surface area contributed by atoms with Crippen LogP contribution in [0.5, 0.6) is 0 Å². The first-order chi connectivity index (χ1) is 9.67. The van der Waals surface area contributed by atoms with Crippen LogP contribution in [0.1, 0.15) is 17.4 Å². The van der Waals surface area contributed by atoms with Gasteiger partial charge in [0.2, 0.25) is 0 Å². The second-order valence-corrected chi connectivity index (χ2v) is 6.72. The van der Waals surface area contributed by atoms with Crippen LogP contribution in [0.25, 0.3) is 0 Å². The van der Waals surface area contributed by atoms with Gasteiger partial charge in [0.05, 0.1) is 4.34 Å². The Labute approximate surface area is 128 Å². The van der Waals surface area contributed by atoms with Crippen LogP contribution in [-0.2, 0) is 12.8 Å². The summed E-state index contributed by atoms with van der Waals surface area (Å²) in [6, 6.07) is 10.9. The van der Waals surface area contributed by atoms with E-state index in [1.807, 2.05) is 12.1 Å². The van der Waals surface area contributed by atoms with Gasteiger partial charge in [0, 0.05) is 4.88 Å². The Morgan fingerprint density at radius 1 is 1.25 bits per heavy atom. The minimum atomic E-state index is -0.163. The highest BCUT2D eigenvalue weighted by atomic mass is 35.5. The van der Waals surface area contributed by atoms with Crippen molar-refractivity contribution in [2.45, 2.75) is 19.8 Å². The molecular weight excluding hydrogens is 293 g/mol. The molecule has 0 amide bonds. The first-order valence-corrected chi connectivity index (χ1v) is 8.06. The lowest BCUT2D eigenvalue weighted by Crippen LogP contribution is -2.25. The van der Waals surface area contributed by atoms with E-state index < -0.39 is 0 Å². The molecule has 0 aliphatic heterocycles. The molecule has 108 valence electrons. The summed E-state index contributed by atoms with van der Waals surface area (Å²) in [4.78, 5) is 1.29. The van der Waals surface area contributed by atoms with Crippen molar-refractivity contribution in [3.63, 3.8) is 0 Å². The molecule has 0 aliphatic carbocycles. The summed E-state index contributed by atoms with van der Waals surface area (Å²) in [6.07, 6.45) is 1.85. The van der Waals surface area contributed by atoms with Crippen LogP contribution in [0.3, 0.4) is 0 Å². The van der Waals surface area contributed by atoms with E-state index in [9.17, 15) is 4.39 Å². The number of hydrogen-bond acceptors (Lipinski definition) is 2. The SMILES string of the molecule is CCNCC(Cc1cccc(F)c1)Cc1ccc(Cl)s1. The second-order valence-electron chi connectivity index (χ2n) is 4.92. The zero-order valence-electron chi connectivity index (χ0n) is 11.5. The molecule has 1 aromatic heterocycles. The fraction of sp³-hybridized carbons (Fsp3) is 0.375. The molecule has 0 saturated heterocycles. The Balaban J connectivity index is 2.02. The van der Waals surface area contributed by atoms with Crippen LogP contribution in [-0.4, -0.2) is 13.1 Å². The van der Waals surface area contributed by atoms with E-state index in [0.29, 0.717) is 5.92 Å². The molecule has 1 N–H and O–H groups in total. The van der Waals surface area contributed by atoms with E-state index in [2.05, 4.69) is 18.3 Å². The molecule has 0 bridgehead atoms. The van der Waals surface area contributed by atoms with E-state index in [1.165, 1.54) is 10.9 Å². The van der Waals surface area contributed by atoms with Gasteiger partial charge in [-0.3, -0.25) is 0 Å². The molecular formula is C16H19ClFNS. The van der Waals surface area contributed by atoms with Crippen LogP contribution in [0.15, 0.2) is 36.4 Å². The maximum atomic E-state index is 13.3. The van der Waals surface area contributed by atoms with Crippen LogP contribution in [0, 0.1) is 11.7 Å². The Kier molecular flexibility index (Phi) is 6.02. The van der Waals surface area contributed by atoms with Crippen molar-refractivity contribution < 1.29 is 4.39 Å². The summed E-state index contributed by atoms with van der Waals surface area (Å²) >= 11 is 7.61. The number of thiophene rings is 1. The molecule has 1 atom stereocenters. The van der Waals surface area contributed by atoms with Gasteiger partial charge in [-0.05, 0) is 61.7 Å². The molecule has 2 aromatic rings. The summed E-state index contributed by atoms with van der Waals surface area (Å²) in [5, 5.41) is 3.39. The fourth-order valence-electron chi connectivity index (χ4n) is 2.31. The monoisotopic (exact) mass is 311 g/mol. The lowest BCUT2D eigenvalue weighted by molar-refractivity contribution is 0.480. The first kappa shape index (κ1) is 15.5. The maximum Gasteiger partial charge on any atom is 0.123 e. The third kappa shape index (κ3) is 4.89. The minimum absolute atomic E-state index is 0.163. The Hall–Kier alpha value is -0.900. The van der Waals surface area contributed by atoms with Gasteiger partial charge in [-0.2, -0.15) is 0 Å². The third-order valence-electron chi connectivity index (χ3n) is 3.22. The zero-order chi connectivity index (χ0) is 14.4.